The van der Waals surface area contributed by atoms with Crippen LogP contribution in [0.3, 0.4) is 0 Å². The van der Waals surface area contributed by atoms with Crippen molar-refractivity contribution >= 4 is 16.9 Å². The van der Waals surface area contributed by atoms with Crippen LogP contribution in [0.25, 0.3) is 11.0 Å². The smallest absolute Gasteiger partial charge is 0.430 e. The minimum absolute atomic E-state index is 0.0401. The van der Waals surface area contributed by atoms with Gasteiger partial charge in [0.25, 0.3) is 5.91 Å². The number of aromatic nitrogens is 2. The van der Waals surface area contributed by atoms with Crippen LogP contribution in [-0.2, 0) is 9.47 Å². The Labute approximate surface area is 160 Å². The number of hydrogen-bond acceptors (Lipinski definition) is 7. The summed E-state index contributed by atoms with van der Waals surface area (Å²) in [7, 11) is 1.57. The van der Waals surface area contributed by atoms with E-state index in [-0.39, 0.29) is 22.9 Å². The predicted molar refractivity (Wildman–Crippen MR) is 102 cm³/mol. The van der Waals surface area contributed by atoms with Gasteiger partial charge < -0.3 is 13.9 Å². The summed E-state index contributed by atoms with van der Waals surface area (Å²) < 4.78 is 16.4. The number of carbonyl (C=O) groups excluding carboxylic acids is 1. The Morgan fingerprint density at radius 1 is 1.39 bits per heavy atom. The van der Waals surface area contributed by atoms with Crippen molar-refractivity contribution in [1.29, 1.82) is 0 Å². The molecule has 1 aliphatic carbocycles. The summed E-state index contributed by atoms with van der Waals surface area (Å²) in [6.45, 7) is 4.35. The number of ether oxygens (including phenoxy) is 2. The van der Waals surface area contributed by atoms with Gasteiger partial charge in [-0.15, -0.1) is 0 Å². The minimum atomic E-state index is -1.07. The van der Waals surface area contributed by atoms with Crippen molar-refractivity contribution in [3.63, 3.8) is 0 Å². The Kier molecular flexibility index (Phi) is 5.58. The van der Waals surface area contributed by atoms with Gasteiger partial charge >= 0.3 is 11.4 Å². The summed E-state index contributed by atoms with van der Waals surface area (Å²) in [5, 5.41) is 0.0562. The highest BCUT2D eigenvalue weighted by Crippen LogP contribution is 2.31. The van der Waals surface area contributed by atoms with Gasteiger partial charge in [0.15, 0.2) is 11.4 Å². The lowest BCUT2D eigenvalue weighted by atomic mass is 9.87. The molecule has 28 heavy (non-hydrogen) atoms. The van der Waals surface area contributed by atoms with Gasteiger partial charge in [-0.3, -0.25) is 4.79 Å². The molecule has 2 atom stereocenters. The molecule has 0 amide bonds. The number of methoxy groups -OCH3 is 1. The number of carbonyl (C=O) groups is 1. The first-order chi connectivity index (χ1) is 13.5. The van der Waals surface area contributed by atoms with E-state index in [1.165, 1.54) is 24.4 Å². The molecule has 8 nitrogen and oxygen atoms in total. The van der Waals surface area contributed by atoms with Crippen molar-refractivity contribution < 1.29 is 18.7 Å². The predicted octanol–water partition coefficient (Wildman–Crippen LogP) is 2.26. The van der Waals surface area contributed by atoms with Gasteiger partial charge in [-0.05, 0) is 25.1 Å². The Hall–Kier alpha value is -3.42. The van der Waals surface area contributed by atoms with Crippen LogP contribution in [0.1, 0.15) is 18.6 Å². The van der Waals surface area contributed by atoms with E-state index in [1.54, 1.807) is 19.3 Å². The summed E-state index contributed by atoms with van der Waals surface area (Å²) in [4.78, 5) is 40.5. The van der Waals surface area contributed by atoms with E-state index in [9.17, 15) is 14.4 Å². The molecule has 1 aliphatic rings. The van der Waals surface area contributed by atoms with Gasteiger partial charge in [-0.2, -0.15) is 4.57 Å². The molecular weight excluding hydrogens is 364 g/mol. The standard InChI is InChI=1S/C20H20N2O6/c1-4-27-15-9-7-13(12(2)17(15)26-3)8-10-16(23)22-18-14(6-5-11-21-18)19(24)28-20(22)25/h5-13H,4H2,1-3H3/b10-8+. The zero-order valence-electron chi connectivity index (χ0n) is 15.7. The largest absolute Gasteiger partial charge is 0.497 e. The summed E-state index contributed by atoms with van der Waals surface area (Å²) >= 11 is 0. The topological polar surface area (TPSA) is 101 Å². The third kappa shape index (κ3) is 3.53. The van der Waals surface area contributed by atoms with Crippen molar-refractivity contribution in [2.24, 2.45) is 11.8 Å². The maximum Gasteiger partial charge on any atom is 0.430 e. The van der Waals surface area contributed by atoms with Gasteiger partial charge in [0.2, 0.25) is 0 Å². The maximum atomic E-state index is 12.6. The molecule has 146 valence electrons. The summed E-state index contributed by atoms with van der Waals surface area (Å²) in [5.41, 5.74) is -0.870. The normalized spacial score (nSPS) is 19.4. The summed E-state index contributed by atoms with van der Waals surface area (Å²) in [6.07, 6.45) is 8.02. The monoisotopic (exact) mass is 384 g/mol. The van der Waals surface area contributed by atoms with E-state index in [0.29, 0.717) is 18.1 Å². The molecule has 3 rings (SSSR count). The molecule has 2 heterocycles. The molecule has 0 aliphatic heterocycles. The molecule has 2 aromatic rings. The van der Waals surface area contributed by atoms with Gasteiger partial charge in [0.1, 0.15) is 11.1 Å². The van der Waals surface area contributed by atoms with E-state index in [2.05, 4.69) is 9.40 Å². The second kappa shape index (κ2) is 8.08. The Bertz CT molecular complexity index is 1110. The Balaban J connectivity index is 1.92. The van der Waals surface area contributed by atoms with E-state index in [0.717, 1.165) is 4.57 Å². The number of nitrogens with zero attached hydrogens (tertiary/aromatic N) is 2. The van der Waals surface area contributed by atoms with Gasteiger partial charge in [0, 0.05) is 24.1 Å². The van der Waals surface area contributed by atoms with Crippen molar-refractivity contribution in [1.82, 2.24) is 9.55 Å². The van der Waals surface area contributed by atoms with E-state index < -0.39 is 17.3 Å². The van der Waals surface area contributed by atoms with E-state index in [4.69, 9.17) is 9.47 Å². The van der Waals surface area contributed by atoms with Gasteiger partial charge in [0.05, 0.1) is 13.7 Å². The first kappa shape index (κ1) is 19.3. The lowest BCUT2D eigenvalue weighted by molar-refractivity contribution is 0.0958. The second-order valence-corrected chi connectivity index (χ2v) is 6.15. The Morgan fingerprint density at radius 3 is 2.89 bits per heavy atom. The van der Waals surface area contributed by atoms with Crippen LogP contribution in [0.5, 0.6) is 0 Å². The van der Waals surface area contributed by atoms with Crippen molar-refractivity contribution in [3.8, 4) is 0 Å². The SMILES string of the molecule is CCOC1=C(OC)C(C)C(/C=C/C(=O)n2c(=O)oc(=O)c3cccnc32)C=C1. The van der Waals surface area contributed by atoms with Crippen molar-refractivity contribution in [2.45, 2.75) is 13.8 Å². The third-order valence-electron chi connectivity index (χ3n) is 4.49. The summed E-state index contributed by atoms with van der Waals surface area (Å²) in [5.74, 6) is -0.605. The molecule has 0 N–H and O–H groups in total. The van der Waals surface area contributed by atoms with Crippen LogP contribution in [-0.4, -0.2) is 29.2 Å². The van der Waals surface area contributed by atoms with Crippen LogP contribution in [0.2, 0.25) is 0 Å². The van der Waals surface area contributed by atoms with Crippen LogP contribution >= 0.6 is 0 Å². The molecule has 0 radical (unpaired) electrons. The third-order valence-corrected chi connectivity index (χ3v) is 4.49. The molecule has 2 aromatic heterocycles. The molecule has 0 spiro atoms. The minimum Gasteiger partial charge on any atom is -0.497 e. The molecule has 0 saturated heterocycles. The van der Waals surface area contributed by atoms with Crippen LogP contribution in [0, 0.1) is 11.8 Å². The van der Waals surface area contributed by atoms with Crippen LogP contribution in [0.4, 0.5) is 0 Å². The molecule has 8 heteroatoms. The zero-order chi connectivity index (χ0) is 20.3. The highest BCUT2D eigenvalue weighted by molar-refractivity contribution is 5.95. The average molecular weight is 384 g/mol. The van der Waals surface area contributed by atoms with E-state index >= 15 is 0 Å². The molecular formula is C20H20N2O6. The second-order valence-electron chi connectivity index (χ2n) is 6.15. The molecule has 0 saturated carbocycles. The lowest BCUT2D eigenvalue weighted by Gasteiger charge is -2.26. The van der Waals surface area contributed by atoms with Gasteiger partial charge in [-0.1, -0.05) is 19.1 Å². The number of rotatable bonds is 5. The number of pyridine rings is 1. The van der Waals surface area contributed by atoms with Crippen LogP contribution in [0.15, 0.2) is 68.2 Å². The fourth-order valence-electron chi connectivity index (χ4n) is 3.10. The average Bonchev–Trinajstić information content (AvgIpc) is 2.68. The first-order valence-corrected chi connectivity index (χ1v) is 8.80. The zero-order valence-corrected chi connectivity index (χ0v) is 15.7. The quantitative estimate of drug-likeness (QED) is 0.729. The number of hydrogen-bond donors (Lipinski definition) is 0. The molecule has 2 unspecified atom stereocenters. The van der Waals surface area contributed by atoms with Crippen molar-refractivity contribution in [2.75, 3.05) is 13.7 Å². The molecule has 0 fully saturated rings. The molecule has 0 bridgehead atoms. The summed E-state index contributed by atoms with van der Waals surface area (Å²) in [6, 6.07) is 2.97. The maximum absolute atomic E-state index is 12.6. The van der Waals surface area contributed by atoms with Crippen molar-refractivity contribution in [3.05, 3.63) is 75.1 Å². The fourth-order valence-corrected chi connectivity index (χ4v) is 3.10. The Morgan fingerprint density at radius 2 is 2.18 bits per heavy atom. The number of fused-ring (bicyclic) bond motifs is 1. The van der Waals surface area contributed by atoms with E-state index in [1.807, 2.05) is 19.9 Å². The number of allylic oxidation sites excluding steroid dienone is 5. The first-order valence-electron chi connectivity index (χ1n) is 8.80. The highest BCUT2D eigenvalue weighted by Gasteiger charge is 2.25. The molecule has 0 aromatic carbocycles. The highest BCUT2D eigenvalue weighted by atomic mass is 16.5. The lowest BCUT2D eigenvalue weighted by Crippen LogP contribution is -2.30. The van der Waals surface area contributed by atoms with Crippen LogP contribution < -0.4 is 11.4 Å². The van der Waals surface area contributed by atoms with Gasteiger partial charge in [-0.25, -0.2) is 14.6 Å². The fraction of sp³-hybridized carbons (Fsp3) is 0.300.